The van der Waals surface area contributed by atoms with E-state index in [1.54, 1.807) is 7.11 Å². The maximum Gasteiger partial charge on any atom is 0.131 e. The molecule has 1 fully saturated rings. The average Bonchev–Trinajstić information content (AvgIpc) is 2.91. The number of rotatable bonds is 5. The molecule has 1 aromatic rings. The molecule has 0 radical (unpaired) electrons. The van der Waals surface area contributed by atoms with Crippen LogP contribution in [0, 0.1) is 6.92 Å². The highest BCUT2D eigenvalue weighted by Gasteiger charge is 2.27. The van der Waals surface area contributed by atoms with E-state index in [0.29, 0.717) is 12.1 Å². The fourth-order valence-electron chi connectivity index (χ4n) is 2.71. The van der Waals surface area contributed by atoms with E-state index in [2.05, 4.69) is 36.1 Å². The Kier molecular flexibility index (Phi) is 4.47. The van der Waals surface area contributed by atoms with Crippen molar-refractivity contribution in [3.8, 4) is 0 Å². The predicted octanol–water partition coefficient (Wildman–Crippen LogP) is 1.45. The SMILES string of the molecule is COC1CCN(c2c(CNC(C)C)c(C)nn2C)C1. The summed E-state index contributed by atoms with van der Waals surface area (Å²) in [5.74, 6) is 1.24. The van der Waals surface area contributed by atoms with E-state index < -0.39 is 0 Å². The molecule has 1 N–H and O–H groups in total. The minimum Gasteiger partial charge on any atom is -0.380 e. The predicted molar refractivity (Wildman–Crippen MR) is 77.5 cm³/mol. The Morgan fingerprint density at radius 2 is 2.21 bits per heavy atom. The van der Waals surface area contributed by atoms with Gasteiger partial charge in [0, 0.05) is 45.4 Å². The van der Waals surface area contributed by atoms with E-state index in [0.717, 1.165) is 31.7 Å². The van der Waals surface area contributed by atoms with E-state index in [1.165, 1.54) is 11.4 Å². The van der Waals surface area contributed by atoms with Gasteiger partial charge in [-0.3, -0.25) is 4.68 Å². The number of methoxy groups -OCH3 is 1. The van der Waals surface area contributed by atoms with Gasteiger partial charge in [0.05, 0.1) is 11.8 Å². The quantitative estimate of drug-likeness (QED) is 0.876. The number of hydrogen-bond acceptors (Lipinski definition) is 4. The first-order chi connectivity index (χ1) is 9.02. The van der Waals surface area contributed by atoms with Crippen molar-refractivity contribution in [2.24, 2.45) is 7.05 Å². The summed E-state index contributed by atoms with van der Waals surface area (Å²) in [6.45, 7) is 9.31. The van der Waals surface area contributed by atoms with Gasteiger partial charge in [0.15, 0.2) is 0 Å². The lowest BCUT2D eigenvalue weighted by Gasteiger charge is -2.21. The molecule has 0 spiro atoms. The van der Waals surface area contributed by atoms with Crippen LogP contribution in [0.3, 0.4) is 0 Å². The molecule has 1 unspecified atom stereocenters. The number of nitrogens with zero attached hydrogens (tertiary/aromatic N) is 3. The molecule has 19 heavy (non-hydrogen) atoms. The monoisotopic (exact) mass is 266 g/mol. The molecule has 0 bridgehead atoms. The summed E-state index contributed by atoms with van der Waals surface area (Å²) in [6, 6.07) is 0.484. The Bertz CT molecular complexity index is 427. The number of aromatic nitrogens is 2. The van der Waals surface area contributed by atoms with Crippen molar-refractivity contribution in [1.82, 2.24) is 15.1 Å². The zero-order valence-electron chi connectivity index (χ0n) is 12.7. The van der Waals surface area contributed by atoms with Gasteiger partial charge < -0.3 is 15.0 Å². The second-order valence-corrected chi connectivity index (χ2v) is 5.64. The van der Waals surface area contributed by atoms with Gasteiger partial charge in [-0.05, 0) is 13.3 Å². The van der Waals surface area contributed by atoms with E-state index in [9.17, 15) is 0 Å². The van der Waals surface area contributed by atoms with Crippen LogP contribution in [0.2, 0.25) is 0 Å². The van der Waals surface area contributed by atoms with Crippen LogP contribution >= 0.6 is 0 Å². The second kappa shape index (κ2) is 5.92. The van der Waals surface area contributed by atoms with Gasteiger partial charge in [0.25, 0.3) is 0 Å². The summed E-state index contributed by atoms with van der Waals surface area (Å²) >= 11 is 0. The molecule has 5 heteroatoms. The first-order valence-electron chi connectivity index (χ1n) is 7.06. The van der Waals surface area contributed by atoms with Crippen LogP contribution < -0.4 is 10.2 Å². The maximum absolute atomic E-state index is 5.46. The molecule has 2 rings (SSSR count). The number of nitrogens with one attached hydrogen (secondary N) is 1. The third-order valence-corrected chi connectivity index (χ3v) is 3.78. The Morgan fingerprint density at radius 1 is 1.47 bits per heavy atom. The molecule has 1 atom stereocenters. The smallest absolute Gasteiger partial charge is 0.131 e. The standard InChI is InChI=1S/C14H26N4O/c1-10(2)15-8-13-11(3)16-17(4)14(13)18-7-6-12(9-18)19-5/h10,12,15H,6-9H2,1-5H3. The lowest BCUT2D eigenvalue weighted by molar-refractivity contribution is 0.121. The Labute approximate surface area is 115 Å². The second-order valence-electron chi connectivity index (χ2n) is 5.64. The van der Waals surface area contributed by atoms with Crippen LogP contribution in [0.4, 0.5) is 5.82 Å². The largest absolute Gasteiger partial charge is 0.380 e. The molecule has 1 saturated heterocycles. The van der Waals surface area contributed by atoms with Crippen molar-refractivity contribution in [2.75, 3.05) is 25.1 Å². The van der Waals surface area contributed by atoms with Crippen LogP contribution in [-0.2, 0) is 18.3 Å². The fraction of sp³-hybridized carbons (Fsp3) is 0.786. The number of hydrogen-bond donors (Lipinski definition) is 1. The Balaban J connectivity index is 2.19. The van der Waals surface area contributed by atoms with Crippen molar-refractivity contribution in [1.29, 1.82) is 0 Å². The Morgan fingerprint density at radius 3 is 2.79 bits per heavy atom. The molecule has 0 saturated carbocycles. The van der Waals surface area contributed by atoms with Crippen LogP contribution in [0.15, 0.2) is 0 Å². The Hall–Kier alpha value is -1.07. The van der Waals surface area contributed by atoms with Crippen molar-refractivity contribution < 1.29 is 4.74 Å². The van der Waals surface area contributed by atoms with Crippen LogP contribution in [0.5, 0.6) is 0 Å². The van der Waals surface area contributed by atoms with E-state index >= 15 is 0 Å². The normalized spacial score (nSPS) is 19.7. The van der Waals surface area contributed by atoms with Crippen LogP contribution in [0.1, 0.15) is 31.5 Å². The first kappa shape index (κ1) is 14.3. The van der Waals surface area contributed by atoms with Gasteiger partial charge in [-0.1, -0.05) is 13.8 Å². The lowest BCUT2D eigenvalue weighted by atomic mass is 10.2. The zero-order chi connectivity index (χ0) is 14.0. The van der Waals surface area contributed by atoms with Gasteiger partial charge in [0.1, 0.15) is 5.82 Å². The van der Waals surface area contributed by atoms with E-state index in [4.69, 9.17) is 4.74 Å². The number of ether oxygens (including phenoxy) is 1. The summed E-state index contributed by atoms with van der Waals surface area (Å²) in [5.41, 5.74) is 2.43. The molecule has 108 valence electrons. The third-order valence-electron chi connectivity index (χ3n) is 3.78. The molecule has 1 aliphatic heterocycles. The van der Waals surface area contributed by atoms with Crippen molar-refractivity contribution >= 4 is 5.82 Å². The van der Waals surface area contributed by atoms with Gasteiger partial charge in [-0.25, -0.2) is 0 Å². The molecular formula is C14H26N4O. The molecule has 1 aromatic heterocycles. The first-order valence-corrected chi connectivity index (χ1v) is 7.06. The molecular weight excluding hydrogens is 240 g/mol. The molecule has 0 aliphatic carbocycles. The van der Waals surface area contributed by atoms with Crippen LogP contribution in [0.25, 0.3) is 0 Å². The lowest BCUT2D eigenvalue weighted by Crippen LogP contribution is -2.27. The van der Waals surface area contributed by atoms with Gasteiger partial charge in [-0.2, -0.15) is 5.10 Å². The fourth-order valence-corrected chi connectivity index (χ4v) is 2.71. The van der Waals surface area contributed by atoms with Crippen molar-refractivity contribution in [2.45, 2.75) is 45.9 Å². The van der Waals surface area contributed by atoms with E-state index in [-0.39, 0.29) is 0 Å². The average molecular weight is 266 g/mol. The van der Waals surface area contributed by atoms with Crippen molar-refractivity contribution in [3.05, 3.63) is 11.3 Å². The van der Waals surface area contributed by atoms with E-state index in [1.807, 2.05) is 11.7 Å². The highest BCUT2D eigenvalue weighted by molar-refractivity contribution is 5.51. The summed E-state index contributed by atoms with van der Waals surface area (Å²) in [7, 11) is 3.82. The summed E-state index contributed by atoms with van der Waals surface area (Å²) < 4.78 is 7.47. The topological polar surface area (TPSA) is 42.3 Å². The highest BCUT2D eigenvalue weighted by Crippen LogP contribution is 2.27. The molecule has 5 nitrogen and oxygen atoms in total. The van der Waals surface area contributed by atoms with Gasteiger partial charge in [-0.15, -0.1) is 0 Å². The minimum absolute atomic E-state index is 0.348. The molecule has 0 aromatic carbocycles. The summed E-state index contributed by atoms with van der Waals surface area (Å²) in [5, 5.41) is 8.07. The third kappa shape index (κ3) is 3.09. The summed E-state index contributed by atoms with van der Waals surface area (Å²) in [4.78, 5) is 2.39. The molecule has 2 heterocycles. The maximum atomic E-state index is 5.46. The molecule has 0 amide bonds. The minimum atomic E-state index is 0.348. The summed E-state index contributed by atoms with van der Waals surface area (Å²) in [6.07, 6.45) is 1.44. The molecule has 1 aliphatic rings. The van der Waals surface area contributed by atoms with Gasteiger partial charge in [0.2, 0.25) is 0 Å². The van der Waals surface area contributed by atoms with Crippen molar-refractivity contribution in [3.63, 3.8) is 0 Å². The zero-order valence-corrected chi connectivity index (χ0v) is 12.7. The highest BCUT2D eigenvalue weighted by atomic mass is 16.5. The number of aryl methyl sites for hydroxylation is 2. The number of anilines is 1. The van der Waals surface area contributed by atoms with Gasteiger partial charge >= 0.3 is 0 Å². The van der Waals surface area contributed by atoms with Crippen LogP contribution in [-0.4, -0.2) is 42.1 Å².